The van der Waals surface area contributed by atoms with Gasteiger partial charge in [0.2, 0.25) is 0 Å². The van der Waals surface area contributed by atoms with Gasteiger partial charge in [0, 0.05) is 17.1 Å². The highest BCUT2D eigenvalue weighted by Gasteiger charge is 2.39. The Kier molecular flexibility index (Phi) is 2.48. The first-order valence-corrected chi connectivity index (χ1v) is 7.27. The van der Waals surface area contributed by atoms with Crippen molar-refractivity contribution in [1.82, 2.24) is 4.98 Å². The van der Waals surface area contributed by atoms with Crippen molar-refractivity contribution in [3.63, 3.8) is 0 Å². The second-order valence-corrected chi connectivity index (χ2v) is 6.37. The lowest BCUT2D eigenvalue weighted by atomic mass is 9.71. The monoisotopic (exact) mass is 279 g/mol. The van der Waals surface area contributed by atoms with Gasteiger partial charge in [-0.15, -0.1) is 0 Å². The molecule has 0 saturated heterocycles. The van der Waals surface area contributed by atoms with E-state index in [0.717, 1.165) is 36.6 Å². The smallest absolute Gasteiger partial charge is 0.195 e. The third-order valence-corrected chi connectivity index (χ3v) is 5.24. The van der Waals surface area contributed by atoms with Crippen molar-refractivity contribution in [3.05, 3.63) is 34.8 Å². The maximum absolute atomic E-state index is 14.1. The summed E-state index contributed by atoms with van der Waals surface area (Å²) in [6, 6.07) is 1.08. The molecule has 0 amide bonds. The standard InChI is InChI=1S/C16H16F3N/c17-10-7-12-13(15(19)14(10)18)9-8-16(4-1-2-5-16)6-3-11(9)20-12/h7,20H,1-6,8H2. The van der Waals surface area contributed by atoms with Crippen LogP contribution in [0.1, 0.15) is 43.4 Å². The summed E-state index contributed by atoms with van der Waals surface area (Å²) >= 11 is 0. The summed E-state index contributed by atoms with van der Waals surface area (Å²) in [5.41, 5.74) is 2.49. The van der Waals surface area contributed by atoms with Crippen LogP contribution >= 0.6 is 0 Å². The van der Waals surface area contributed by atoms with Crippen LogP contribution in [0.5, 0.6) is 0 Å². The van der Waals surface area contributed by atoms with Gasteiger partial charge >= 0.3 is 0 Å². The molecule has 0 radical (unpaired) electrons. The molecule has 106 valence electrons. The highest BCUT2D eigenvalue weighted by atomic mass is 19.2. The van der Waals surface area contributed by atoms with Crippen molar-refractivity contribution < 1.29 is 13.2 Å². The molecule has 1 N–H and O–H groups in total. The third kappa shape index (κ3) is 1.57. The number of aryl methyl sites for hydroxylation is 1. The zero-order chi connectivity index (χ0) is 13.9. The summed E-state index contributed by atoms with van der Waals surface area (Å²) in [6.45, 7) is 0. The fourth-order valence-electron chi connectivity index (χ4n) is 4.19. The summed E-state index contributed by atoms with van der Waals surface area (Å²) in [4.78, 5) is 3.08. The van der Waals surface area contributed by atoms with E-state index < -0.39 is 17.5 Å². The topological polar surface area (TPSA) is 15.8 Å². The van der Waals surface area contributed by atoms with Gasteiger partial charge in [-0.05, 0) is 43.1 Å². The fraction of sp³-hybridized carbons (Fsp3) is 0.500. The molecule has 2 aliphatic rings. The molecule has 1 fully saturated rings. The maximum atomic E-state index is 14.1. The van der Waals surface area contributed by atoms with Crippen LogP contribution in [0.15, 0.2) is 6.07 Å². The molecule has 2 aromatic rings. The Balaban J connectivity index is 1.92. The molecule has 0 atom stereocenters. The van der Waals surface area contributed by atoms with Crippen molar-refractivity contribution in [2.45, 2.75) is 44.9 Å². The Labute approximate surface area is 115 Å². The van der Waals surface area contributed by atoms with E-state index in [4.69, 9.17) is 0 Å². The summed E-state index contributed by atoms with van der Waals surface area (Å²) in [7, 11) is 0. The molecule has 1 heterocycles. The van der Waals surface area contributed by atoms with E-state index in [1.807, 2.05) is 0 Å². The number of nitrogens with one attached hydrogen (secondary N) is 1. The van der Waals surface area contributed by atoms with Crippen molar-refractivity contribution in [2.75, 3.05) is 0 Å². The van der Waals surface area contributed by atoms with Gasteiger partial charge in [0.1, 0.15) is 0 Å². The molecular weight excluding hydrogens is 263 g/mol. The largest absolute Gasteiger partial charge is 0.358 e. The molecule has 0 aliphatic heterocycles. The summed E-state index contributed by atoms with van der Waals surface area (Å²) < 4.78 is 41.0. The maximum Gasteiger partial charge on any atom is 0.195 e. The normalized spacial score (nSPS) is 20.8. The summed E-state index contributed by atoms with van der Waals surface area (Å²) in [6.07, 6.45) is 7.54. The number of fused-ring (bicyclic) bond motifs is 3. The predicted molar refractivity (Wildman–Crippen MR) is 71.1 cm³/mol. The zero-order valence-corrected chi connectivity index (χ0v) is 11.2. The average molecular weight is 279 g/mol. The van der Waals surface area contributed by atoms with Crippen LogP contribution in [0.25, 0.3) is 10.9 Å². The van der Waals surface area contributed by atoms with Gasteiger partial charge < -0.3 is 4.98 Å². The number of benzene rings is 1. The third-order valence-electron chi connectivity index (χ3n) is 5.24. The minimum absolute atomic E-state index is 0.263. The number of hydrogen-bond acceptors (Lipinski definition) is 0. The minimum atomic E-state index is -1.36. The Morgan fingerprint density at radius 3 is 2.50 bits per heavy atom. The second kappa shape index (κ2) is 4.03. The number of H-pyrrole nitrogens is 1. The van der Waals surface area contributed by atoms with Crippen molar-refractivity contribution >= 4 is 10.9 Å². The fourth-order valence-corrected chi connectivity index (χ4v) is 4.19. The lowest BCUT2D eigenvalue weighted by molar-refractivity contribution is 0.254. The molecule has 4 rings (SSSR count). The molecule has 1 spiro atoms. The van der Waals surface area contributed by atoms with E-state index >= 15 is 0 Å². The van der Waals surface area contributed by atoms with Gasteiger partial charge in [0.15, 0.2) is 17.5 Å². The van der Waals surface area contributed by atoms with Crippen LogP contribution in [0, 0.1) is 22.9 Å². The predicted octanol–water partition coefficient (Wildman–Crippen LogP) is 4.63. The first kappa shape index (κ1) is 12.3. The van der Waals surface area contributed by atoms with Crippen molar-refractivity contribution in [2.24, 2.45) is 5.41 Å². The lowest BCUT2D eigenvalue weighted by Gasteiger charge is -2.33. The molecule has 0 unspecified atom stereocenters. The Morgan fingerprint density at radius 1 is 1.00 bits per heavy atom. The van der Waals surface area contributed by atoms with Crippen LogP contribution in [0.2, 0.25) is 0 Å². The molecule has 20 heavy (non-hydrogen) atoms. The van der Waals surface area contributed by atoms with E-state index in [2.05, 4.69) is 4.98 Å². The molecule has 1 aromatic heterocycles. The highest BCUT2D eigenvalue weighted by molar-refractivity contribution is 5.86. The molecule has 2 aliphatic carbocycles. The zero-order valence-electron chi connectivity index (χ0n) is 11.2. The van der Waals surface area contributed by atoms with Gasteiger partial charge in [-0.3, -0.25) is 0 Å². The Hall–Kier alpha value is -1.45. The summed E-state index contributed by atoms with van der Waals surface area (Å²) in [5, 5.41) is 0.268. The van der Waals surface area contributed by atoms with Gasteiger partial charge in [-0.1, -0.05) is 12.8 Å². The van der Waals surface area contributed by atoms with Crippen LogP contribution in [-0.2, 0) is 12.8 Å². The van der Waals surface area contributed by atoms with Crippen LogP contribution < -0.4 is 0 Å². The summed E-state index contributed by atoms with van der Waals surface area (Å²) in [5.74, 6) is -3.51. The van der Waals surface area contributed by atoms with Crippen LogP contribution in [0.4, 0.5) is 13.2 Å². The first-order valence-electron chi connectivity index (χ1n) is 7.27. The van der Waals surface area contributed by atoms with Gasteiger partial charge in [-0.25, -0.2) is 13.2 Å². The lowest BCUT2D eigenvalue weighted by Crippen LogP contribution is -2.25. The van der Waals surface area contributed by atoms with E-state index in [1.165, 1.54) is 25.7 Å². The number of aromatic amines is 1. The van der Waals surface area contributed by atoms with Gasteiger partial charge in [0.25, 0.3) is 0 Å². The highest BCUT2D eigenvalue weighted by Crippen LogP contribution is 2.49. The Morgan fingerprint density at radius 2 is 1.75 bits per heavy atom. The molecule has 0 bridgehead atoms. The van der Waals surface area contributed by atoms with Gasteiger partial charge in [-0.2, -0.15) is 0 Å². The van der Waals surface area contributed by atoms with Gasteiger partial charge in [0.05, 0.1) is 5.52 Å². The number of hydrogen-bond donors (Lipinski definition) is 1. The van der Waals surface area contributed by atoms with E-state index in [-0.39, 0.29) is 10.8 Å². The van der Waals surface area contributed by atoms with Crippen molar-refractivity contribution in [3.8, 4) is 0 Å². The van der Waals surface area contributed by atoms with E-state index in [1.54, 1.807) is 0 Å². The molecule has 1 saturated carbocycles. The average Bonchev–Trinajstić information content (AvgIpc) is 3.01. The second-order valence-electron chi connectivity index (χ2n) is 6.37. The van der Waals surface area contributed by atoms with E-state index in [0.29, 0.717) is 5.52 Å². The molecule has 1 aromatic carbocycles. The van der Waals surface area contributed by atoms with Crippen LogP contribution in [0.3, 0.4) is 0 Å². The van der Waals surface area contributed by atoms with Crippen molar-refractivity contribution in [1.29, 1.82) is 0 Å². The minimum Gasteiger partial charge on any atom is -0.358 e. The number of rotatable bonds is 0. The quantitative estimate of drug-likeness (QED) is 0.676. The molecule has 1 nitrogen and oxygen atoms in total. The van der Waals surface area contributed by atoms with Crippen LogP contribution in [-0.4, -0.2) is 4.98 Å². The Bertz CT molecular complexity index is 696. The van der Waals surface area contributed by atoms with E-state index in [9.17, 15) is 13.2 Å². The molecular formula is C16H16F3N. The number of halogens is 3. The first-order chi connectivity index (χ1) is 9.60. The number of aromatic nitrogens is 1. The SMILES string of the molecule is Fc1cc2[nH]c3c(c2c(F)c1F)CC1(CCCC1)CC3. The molecule has 4 heteroatoms.